The van der Waals surface area contributed by atoms with Gasteiger partial charge in [-0.1, -0.05) is 20.8 Å². The van der Waals surface area contributed by atoms with Gasteiger partial charge in [-0.05, 0) is 25.7 Å². The van der Waals surface area contributed by atoms with E-state index in [4.69, 9.17) is 9.84 Å². The molecule has 0 bridgehead atoms. The Kier molecular flexibility index (Phi) is 18.4. The summed E-state index contributed by atoms with van der Waals surface area (Å²) in [6.07, 6.45) is -17.7. The van der Waals surface area contributed by atoms with E-state index in [9.17, 15) is 67.4 Å². The molecule has 0 radical (unpaired) electrons. The highest BCUT2D eigenvalue weighted by molar-refractivity contribution is 7.69. The van der Waals surface area contributed by atoms with E-state index >= 15 is 0 Å². The van der Waals surface area contributed by atoms with Crippen LogP contribution in [0.2, 0.25) is 0 Å². The summed E-state index contributed by atoms with van der Waals surface area (Å²) in [5, 5.41) is 48.8. The molecule has 1 aromatic heterocycles. The van der Waals surface area contributed by atoms with Crippen LogP contribution < -0.4 is 11.2 Å². The van der Waals surface area contributed by atoms with Gasteiger partial charge in [0.05, 0.1) is 20.3 Å². The smallest absolute Gasteiger partial charge is 0.394 e. The molecule has 0 saturated carbocycles. The third-order valence-corrected chi connectivity index (χ3v) is 13.0. The molecule has 53 heavy (non-hydrogen) atoms. The number of rotatable bonds is 18. The molecule has 2 saturated heterocycles. The van der Waals surface area contributed by atoms with Crippen LogP contribution in [-0.4, -0.2) is 149 Å². The maximum atomic E-state index is 14.0. The van der Waals surface area contributed by atoms with E-state index in [2.05, 4.69) is 67.7 Å². The van der Waals surface area contributed by atoms with Crippen LogP contribution in [0.4, 0.5) is 10.2 Å². The zero-order valence-electron chi connectivity index (χ0n) is 28.2. The molecular weight excluding hydrogens is 815 g/mol. The molecular formula is C22H43FN4O22P4. The number of anilines is 1. The van der Waals surface area contributed by atoms with Crippen molar-refractivity contribution in [3.63, 3.8) is 0 Å². The predicted molar refractivity (Wildman–Crippen MR) is 171 cm³/mol. The van der Waals surface area contributed by atoms with Gasteiger partial charge < -0.3 is 59.5 Å². The molecule has 0 spiro atoms. The number of alkyl halides is 1. The second kappa shape index (κ2) is 20.3. The quantitative estimate of drug-likeness (QED) is 0.0590. The van der Waals surface area contributed by atoms with Crippen LogP contribution >= 0.6 is 31.3 Å². The van der Waals surface area contributed by atoms with Gasteiger partial charge in [0.25, 0.3) is 0 Å². The van der Waals surface area contributed by atoms with E-state index in [1.807, 2.05) is 0 Å². The average molecular weight is 858 g/mol. The van der Waals surface area contributed by atoms with Gasteiger partial charge in [0, 0.05) is 6.20 Å². The summed E-state index contributed by atoms with van der Waals surface area (Å²) >= 11 is 0. The summed E-state index contributed by atoms with van der Waals surface area (Å²) in [5.74, 6) is -0.0400. The molecule has 3 rings (SSSR count). The van der Waals surface area contributed by atoms with Crippen molar-refractivity contribution in [1.29, 1.82) is 0 Å². The zero-order chi connectivity index (χ0) is 40.5. The van der Waals surface area contributed by atoms with Crippen LogP contribution in [0.3, 0.4) is 0 Å². The molecule has 0 aliphatic carbocycles. The van der Waals surface area contributed by atoms with Crippen molar-refractivity contribution in [3.05, 3.63) is 22.7 Å². The number of ether oxygens (including phenoxy) is 2. The maximum Gasteiger partial charge on any atom is 0.490 e. The van der Waals surface area contributed by atoms with Gasteiger partial charge in [0.1, 0.15) is 36.6 Å². The number of hydrogen-bond acceptors (Lipinski definition) is 21. The highest BCUT2D eigenvalue weighted by Gasteiger charge is 2.51. The Balaban J connectivity index is 0.00000126. The number of nitrogens with one attached hydrogen (secondary N) is 1. The zero-order valence-corrected chi connectivity index (χ0v) is 31.8. The van der Waals surface area contributed by atoms with Gasteiger partial charge in [-0.2, -0.15) is 17.9 Å². The summed E-state index contributed by atoms with van der Waals surface area (Å²) in [6.45, 7) is 7.83. The normalized spacial score (nSPS) is 32.1. The van der Waals surface area contributed by atoms with Gasteiger partial charge in [0.2, 0.25) is 0 Å². The van der Waals surface area contributed by atoms with E-state index in [1.165, 1.54) is 32.8 Å². The van der Waals surface area contributed by atoms with Gasteiger partial charge in [-0.25, -0.2) is 32.9 Å². The average Bonchev–Trinajstić information content (AvgIpc) is 3.32. The first kappa shape index (κ1) is 48.0. The van der Waals surface area contributed by atoms with Crippen LogP contribution in [0.15, 0.2) is 17.1 Å². The molecule has 3 heterocycles. The van der Waals surface area contributed by atoms with E-state index in [0.717, 1.165) is 6.20 Å². The van der Waals surface area contributed by atoms with Crippen molar-refractivity contribution in [2.45, 2.75) is 76.1 Å². The van der Waals surface area contributed by atoms with Crippen molar-refractivity contribution >= 4 is 37.1 Å². The number of halogens is 1. The predicted octanol–water partition coefficient (Wildman–Crippen LogP) is -1.55. The number of nitrogens with zero attached hydrogens (tertiary/aromatic N) is 3. The largest absolute Gasteiger partial charge is 0.490 e. The maximum absolute atomic E-state index is 14.0. The van der Waals surface area contributed by atoms with Crippen LogP contribution in [0.1, 0.15) is 27.0 Å². The van der Waals surface area contributed by atoms with Crippen LogP contribution in [0.5, 0.6) is 0 Å². The molecule has 13 atom stereocenters. The molecule has 10 N–H and O–H groups in total. The summed E-state index contributed by atoms with van der Waals surface area (Å²) in [4.78, 5) is 61.5. The third kappa shape index (κ3) is 14.4. The fourth-order valence-corrected chi connectivity index (χ4v) is 9.45. The number of hydrogen-bond donors (Lipinski definition) is 10. The number of aliphatic hydroxyl groups is 5. The number of phosphoric acid groups is 4. The first-order valence-electron chi connectivity index (χ1n) is 15.1. The molecule has 31 heteroatoms. The lowest BCUT2D eigenvalue weighted by molar-refractivity contribution is -0.268. The van der Waals surface area contributed by atoms with E-state index in [1.54, 1.807) is 0 Å². The van der Waals surface area contributed by atoms with E-state index in [0.29, 0.717) is 4.57 Å². The Morgan fingerprint density at radius 3 is 1.89 bits per heavy atom. The summed E-state index contributed by atoms with van der Waals surface area (Å²) < 4.78 is 92.9. The Hall–Kier alpha value is -1.19. The molecule has 4 unspecified atom stereocenters. The molecule has 2 aliphatic heterocycles. The topological polar surface area (TPSA) is 374 Å². The summed E-state index contributed by atoms with van der Waals surface area (Å²) in [5.41, 5.74) is 1.25. The summed E-state index contributed by atoms with van der Waals surface area (Å²) in [7, 11) is -23.2. The van der Waals surface area contributed by atoms with Crippen molar-refractivity contribution in [1.82, 2.24) is 14.5 Å². The number of aromatic nitrogens is 2. The van der Waals surface area contributed by atoms with Crippen molar-refractivity contribution in [3.8, 4) is 0 Å². The lowest BCUT2D eigenvalue weighted by atomic mass is 10.0. The highest BCUT2D eigenvalue weighted by Crippen LogP contribution is 2.71. The van der Waals surface area contributed by atoms with E-state index in [-0.39, 0.29) is 5.82 Å². The molecule has 310 valence electrons. The van der Waals surface area contributed by atoms with Crippen molar-refractivity contribution in [2.75, 3.05) is 45.4 Å². The Bertz CT molecular complexity index is 1570. The Morgan fingerprint density at radius 1 is 0.849 bits per heavy atom. The standard InChI is InChI=1S/C16H28FN3O22P4.C6H15N/c1-35-19-8-2-3-20(16(26)18-8)14-13(25)11(23)7(37-14)5-36-43(27,28)40-45(31,32)42-46(33,34)41-44(29,30)39-15-12(24)9(17)10(22)6(4-21)38-15;1-4-7(5-2)6-3/h2-3,6-7,9-15,21-25H,4-5H2,1H3,(H,27,28)(H,29,30)(H,31,32)(H,33,34)(H,18,19,26);4-6H2,1-3H3/t6-,7-,9+,10-,11-,12-,13-,14-,15-;/m1./s1. The molecule has 2 aliphatic rings. The fraction of sp³-hybridized carbons (Fsp3) is 0.818. The van der Waals surface area contributed by atoms with E-state index < -0.39 is 106 Å². The van der Waals surface area contributed by atoms with Gasteiger partial charge in [-0.3, -0.25) is 18.5 Å². The molecule has 2 fully saturated rings. The highest BCUT2D eigenvalue weighted by atomic mass is 31.3. The van der Waals surface area contributed by atoms with Crippen molar-refractivity contribution < 1.29 is 104 Å². The number of aliphatic hydroxyl groups excluding tert-OH is 5. The molecule has 26 nitrogen and oxygen atoms in total. The first-order chi connectivity index (χ1) is 24.5. The minimum absolute atomic E-state index is 0.0400. The molecule has 1 aromatic rings. The van der Waals surface area contributed by atoms with Crippen LogP contribution in [-0.2, 0) is 54.6 Å². The fourth-order valence-electron chi connectivity index (χ4n) is 4.43. The Labute approximate surface area is 299 Å². The second-order valence-corrected chi connectivity index (χ2v) is 16.8. The van der Waals surface area contributed by atoms with Crippen LogP contribution in [0.25, 0.3) is 0 Å². The minimum atomic E-state index is -6.31. The van der Waals surface area contributed by atoms with Gasteiger partial charge >= 0.3 is 37.0 Å². The van der Waals surface area contributed by atoms with Gasteiger partial charge in [-0.15, -0.1) is 0 Å². The van der Waals surface area contributed by atoms with Crippen LogP contribution in [0, 0.1) is 0 Å². The number of phosphoric ester groups is 2. The first-order valence-corrected chi connectivity index (χ1v) is 21.1. The SMILES string of the molecule is CCN(CC)CC.CONc1ccn([C@@H]2O[C@H](COP(=O)(O)OP(=O)(O)OP(=O)(O)OP(=O)(O)O[C@H]3O[C@H](CO)[C@@H](O)[C@H](F)[C@H]3O)[C@@H](O)[C@H]2O)c(=O)n1. The monoisotopic (exact) mass is 858 g/mol. The van der Waals surface area contributed by atoms with Gasteiger partial charge in [0.15, 0.2) is 24.5 Å². The lowest BCUT2D eigenvalue weighted by Gasteiger charge is -2.38. The van der Waals surface area contributed by atoms with Crippen molar-refractivity contribution in [2.24, 2.45) is 0 Å². The minimum Gasteiger partial charge on any atom is -0.394 e. The Morgan fingerprint density at radius 2 is 1.40 bits per heavy atom. The second-order valence-electron chi connectivity index (χ2n) is 10.6. The molecule has 0 aromatic carbocycles. The lowest BCUT2D eigenvalue weighted by Crippen LogP contribution is -2.57. The summed E-state index contributed by atoms with van der Waals surface area (Å²) in [6, 6.07) is 1.21. The third-order valence-electron chi connectivity index (χ3n) is 7.05. The molecule has 0 amide bonds.